The van der Waals surface area contributed by atoms with E-state index in [9.17, 15) is 0 Å². The first kappa shape index (κ1) is 21.6. The molecule has 4 aromatic heterocycles. The van der Waals surface area contributed by atoms with Crippen LogP contribution in [0.1, 0.15) is 0 Å². The minimum absolute atomic E-state index is 1.17. The molecule has 2 nitrogen and oxygen atoms in total. The van der Waals surface area contributed by atoms with Gasteiger partial charge in [0.1, 0.15) is 0 Å². The topological polar surface area (TPSA) is 9.34 Å². The fraction of sp³-hybridized carbons (Fsp3) is 0. The number of para-hydroxylation sites is 1. The average molecular weight is 509 g/mol. The minimum atomic E-state index is 1.17. The minimum Gasteiger partial charge on any atom is -0.307 e. The Bertz CT molecular complexity index is 2300. The van der Waals surface area contributed by atoms with Gasteiger partial charge < -0.3 is 8.97 Å². The summed E-state index contributed by atoms with van der Waals surface area (Å²) in [6.07, 6.45) is 0. The number of aromatic nitrogens is 2. The van der Waals surface area contributed by atoms with Crippen LogP contribution in [0.5, 0.6) is 0 Å². The Kier molecular flexibility index (Phi) is 4.36. The molecule has 0 bridgehead atoms. The van der Waals surface area contributed by atoms with Crippen LogP contribution in [0.3, 0.4) is 0 Å². The molecule has 0 atom stereocenters. The number of fused-ring (bicyclic) bond motifs is 8. The molecule has 0 saturated heterocycles. The van der Waals surface area contributed by atoms with Gasteiger partial charge in [0.15, 0.2) is 0 Å². The van der Waals surface area contributed by atoms with Gasteiger partial charge in [-0.05, 0) is 58.7 Å². The van der Waals surface area contributed by atoms with Gasteiger partial charge in [0, 0.05) is 27.2 Å². The monoisotopic (exact) mass is 508 g/mol. The number of hydrogen-bond donors (Lipinski definition) is 0. The predicted octanol–water partition coefficient (Wildman–Crippen LogP) is 10.1. The molecule has 0 aliphatic heterocycles. The number of benzene rings is 5. The van der Waals surface area contributed by atoms with Gasteiger partial charge in [0.05, 0.1) is 27.6 Å². The second-order valence-electron chi connectivity index (χ2n) is 10.6. The molecule has 0 aliphatic rings. The van der Waals surface area contributed by atoms with Crippen LogP contribution in [-0.4, -0.2) is 8.97 Å². The number of pyridine rings is 1. The first-order chi connectivity index (χ1) is 19.9. The molecule has 0 fully saturated rings. The van der Waals surface area contributed by atoms with E-state index >= 15 is 0 Å². The fourth-order valence-corrected chi connectivity index (χ4v) is 6.75. The van der Waals surface area contributed by atoms with E-state index in [0.717, 1.165) is 0 Å². The molecule has 4 heterocycles. The lowest BCUT2D eigenvalue weighted by Gasteiger charge is -2.14. The Morgan fingerprint density at radius 1 is 0.350 bits per heavy atom. The van der Waals surface area contributed by atoms with Crippen molar-refractivity contribution in [2.24, 2.45) is 0 Å². The Morgan fingerprint density at radius 2 is 0.900 bits per heavy atom. The third-order valence-electron chi connectivity index (χ3n) is 8.42. The molecular formula is C38H24N2. The maximum atomic E-state index is 2.50. The largest absolute Gasteiger partial charge is 0.307 e. The summed E-state index contributed by atoms with van der Waals surface area (Å²) >= 11 is 0. The van der Waals surface area contributed by atoms with Crippen molar-refractivity contribution in [3.63, 3.8) is 0 Å². The van der Waals surface area contributed by atoms with Crippen LogP contribution < -0.4 is 0 Å². The zero-order chi connectivity index (χ0) is 26.2. The second kappa shape index (κ2) is 8.08. The van der Waals surface area contributed by atoms with E-state index < -0.39 is 0 Å². The standard InChI is InChI=1S/C38H24N2/c1-3-12-25(13-4-1)27-22-28(26-14-5-2-6-15-26)24-29(23-27)39-34-19-10-9-18-32(34)36-35-21-11-20-33-30-16-7-8-17-31(30)37(38(36)39)40(33)35/h1-24H. The van der Waals surface area contributed by atoms with E-state index in [2.05, 4.69) is 155 Å². The van der Waals surface area contributed by atoms with Gasteiger partial charge >= 0.3 is 0 Å². The van der Waals surface area contributed by atoms with Crippen molar-refractivity contribution in [2.75, 3.05) is 0 Å². The van der Waals surface area contributed by atoms with Crippen LogP contribution >= 0.6 is 0 Å². The van der Waals surface area contributed by atoms with Gasteiger partial charge in [-0.15, -0.1) is 0 Å². The number of hydrogen-bond acceptors (Lipinski definition) is 0. The molecule has 0 saturated carbocycles. The quantitative estimate of drug-likeness (QED) is 0.225. The van der Waals surface area contributed by atoms with Crippen LogP contribution in [0, 0.1) is 0 Å². The lowest BCUT2D eigenvalue weighted by molar-refractivity contribution is 1.18. The summed E-state index contributed by atoms with van der Waals surface area (Å²) in [6.45, 7) is 0. The number of nitrogens with zero attached hydrogens (tertiary/aromatic N) is 2. The SMILES string of the molecule is c1ccc(-c2cc(-c3ccccc3)cc(-n3c4ccccc4c4c3c3c5ccccc5c5cccc4n53)c2)cc1. The molecule has 5 aromatic carbocycles. The third kappa shape index (κ3) is 2.88. The van der Waals surface area contributed by atoms with E-state index in [1.807, 2.05) is 0 Å². The van der Waals surface area contributed by atoms with E-state index in [1.165, 1.54) is 77.1 Å². The van der Waals surface area contributed by atoms with Gasteiger partial charge in [0.2, 0.25) is 0 Å². The third-order valence-corrected chi connectivity index (χ3v) is 8.42. The van der Waals surface area contributed by atoms with Crippen molar-refractivity contribution in [3.05, 3.63) is 146 Å². The van der Waals surface area contributed by atoms with E-state index in [1.54, 1.807) is 0 Å². The highest BCUT2D eigenvalue weighted by Crippen LogP contribution is 2.45. The van der Waals surface area contributed by atoms with Crippen LogP contribution in [0.15, 0.2) is 146 Å². The molecule has 186 valence electrons. The van der Waals surface area contributed by atoms with Gasteiger partial charge in [0.25, 0.3) is 0 Å². The zero-order valence-corrected chi connectivity index (χ0v) is 21.8. The van der Waals surface area contributed by atoms with Crippen LogP contribution in [0.4, 0.5) is 0 Å². The molecular weight excluding hydrogens is 484 g/mol. The van der Waals surface area contributed by atoms with E-state index in [0.29, 0.717) is 0 Å². The normalized spacial score (nSPS) is 12.0. The van der Waals surface area contributed by atoms with E-state index in [4.69, 9.17) is 0 Å². The van der Waals surface area contributed by atoms with Gasteiger partial charge in [-0.1, -0.05) is 109 Å². The van der Waals surface area contributed by atoms with E-state index in [-0.39, 0.29) is 0 Å². The maximum Gasteiger partial charge on any atom is 0.0810 e. The molecule has 0 amide bonds. The highest BCUT2D eigenvalue weighted by atomic mass is 15.0. The van der Waals surface area contributed by atoms with Gasteiger partial charge in [-0.25, -0.2) is 0 Å². The molecule has 9 rings (SSSR count). The van der Waals surface area contributed by atoms with Crippen molar-refractivity contribution < 1.29 is 0 Å². The summed E-state index contributed by atoms with van der Waals surface area (Å²) in [5.74, 6) is 0. The van der Waals surface area contributed by atoms with Crippen LogP contribution in [-0.2, 0) is 0 Å². The highest BCUT2D eigenvalue weighted by Gasteiger charge is 2.24. The first-order valence-electron chi connectivity index (χ1n) is 13.8. The Balaban J connectivity index is 1.49. The second-order valence-corrected chi connectivity index (χ2v) is 10.6. The van der Waals surface area contributed by atoms with Gasteiger partial charge in [-0.2, -0.15) is 0 Å². The summed E-state index contributed by atoms with van der Waals surface area (Å²) < 4.78 is 4.97. The van der Waals surface area contributed by atoms with Crippen molar-refractivity contribution in [1.29, 1.82) is 0 Å². The molecule has 0 N–H and O–H groups in total. The first-order valence-corrected chi connectivity index (χ1v) is 13.8. The molecule has 2 heteroatoms. The summed E-state index contributed by atoms with van der Waals surface area (Å²) in [7, 11) is 0. The highest BCUT2D eigenvalue weighted by molar-refractivity contribution is 6.29. The summed E-state index contributed by atoms with van der Waals surface area (Å²) in [5.41, 5.74) is 12.3. The van der Waals surface area contributed by atoms with Crippen molar-refractivity contribution in [3.8, 4) is 27.9 Å². The van der Waals surface area contributed by atoms with Crippen molar-refractivity contribution >= 4 is 49.1 Å². The fourth-order valence-electron chi connectivity index (χ4n) is 6.75. The van der Waals surface area contributed by atoms with Crippen LogP contribution in [0.25, 0.3) is 77.1 Å². The Morgan fingerprint density at radius 3 is 1.60 bits per heavy atom. The molecule has 0 aliphatic carbocycles. The maximum absolute atomic E-state index is 2.50. The summed E-state index contributed by atoms with van der Waals surface area (Å²) in [4.78, 5) is 0. The molecule has 9 aromatic rings. The molecule has 0 radical (unpaired) electrons. The molecule has 0 spiro atoms. The van der Waals surface area contributed by atoms with Crippen molar-refractivity contribution in [2.45, 2.75) is 0 Å². The molecule has 0 unspecified atom stereocenters. The lowest BCUT2D eigenvalue weighted by Crippen LogP contribution is -1.96. The zero-order valence-electron chi connectivity index (χ0n) is 21.8. The predicted molar refractivity (Wildman–Crippen MR) is 169 cm³/mol. The smallest absolute Gasteiger partial charge is 0.0810 e. The molecule has 40 heavy (non-hydrogen) atoms. The Hall–Kier alpha value is -5.34. The van der Waals surface area contributed by atoms with Crippen LogP contribution in [0.2, 0.25) is 0 Å². The average Bonchev–Trinajstić information content (AvgIpc) is 3.66. The van der Waals surface area contributed by atoms with Gasteiger partial charge in [-0.3, -0.25) is 0 Å². The van der Waals surface area contributed by atoms with Crippen molar-refractivity contribution in [1.82, 2.24) is 8.97 Å². The lowest BCUT2D eigenvalue weighted by atomic mass is 9.98. The Labute approximate surface area is 231 Å². The number of rotatable bonds is 3. The summed E-state index contributed by atoms with van der Waals surface area (Å²) in [5, 5.41) is 5.18. The summed E-state index contributed by atoms with van der Waals surface area (Å²) in [6, 6.07) is 52.9.